The second-order valence-electron chi connectivity index (χ2n) is 6.44. The van der Waals surface area contributed by atoms with Crippen LogP contribution in [-0.2, 0) is 16.4 Å². The molecule has 1 aromatic rings. The molecule has 5 nitrogen and oxygen atoms in total. The Bertz CT molecular complexity index is 634. The summed E-state index contributed by atoms with van der Waals surface area (Å²) in [4.78, 5) is 12.3. The van der Waals surface area contributed by atoms with Gasteiger partial charge in [0.05, 0.1) is 4.90 Å². The van der Waals surface area contributed by atoms with Crippen molar-refractivity contribution in [3.8, 4) is 0 Å². The normalized spacial score (nSPS) is 18.3. The van der Waals surface area contributed by atoms with Crippen LogP contribution in [0.2, 0.25) is 0 Å². The van der Waals surface area contributed by atoms with Crippen LogP contribution in [0.4, 0.5) is 4.79 Å². The molecule has 0 bridgehead atoms. The third kappa shape index (κ3) is 4.00. The van der Waals surface area contributed by atoms with Crippen molar-refractivity contribution in [2.24, 2.45) is 11.8 Å². The second-order valence-corrected chi connectivity index (χ2v) is 8.46. The zero-order valence-corrected chi connectivity index (χ0v) is 13.5. The third-order valence-electron chi connectivity index (χ3n) is 4.36. The fourth-order valence-corrected chi connectivity index (χ4v) is 3.40. The van der Waals surface area contributed by atoms with Gasteiger partial charge in [0.1, 0.15) is 0 Å². The van der Waals surface area contributed by atoms with Gasteiger partial charge in [-0.1, -0.05) is 12.1 Å². The molecule has 0 spiro atoms. The lowest BCUT2D eigenvalue weighted by Gasteiger charge is -2.18. The monoisotopic (exact) mass is 322 g/mol. The molecule has 0 unspecified atom stereocenters. The van der Waals surface area contributed by atoms with Gasteiger partial charge >= 0.3 is 6.03 Å². The molecule has 0 radical (unpaired) electrons. The molecule has 0 atom stereocenters. The molecule has 0 aliphatic heterocycles. The topological polar surface area (TPSA) is 75.3 Å². The number of amides is 2. The minimum absolute atomic E-state index is 0.129. The Morgan fingerprint density at radius 3 is 2.14 bits per heavy atom. The number of hydrogen-bond acceptors (Lipinski definition) is 3. The van der Waals surface area contributed by atoms with Crippen LogP contribution in [0.5, 0.6) is 0 Å². The van der Waals surface area contributed by atoms with Gasteiger partial charge in [-0.2, -0.15) is 0 Å². The average Bonchev–Trinajstić information content (AvgIpc) is 3.36. The molecule has 2 N–H and O–H groups in total. The predicted octanol–water partition coefficient (Wildman–Crippen LogP) is 2.08. The smallest absolute Gasteiger partial charge is 0.315 e. The lowest BCUT2D eigenvalue weighted by atomic mass is 10.1. The Kier molecular flexibility index (Phi) is 4.12. The van der Waals surface area contributed by atoms with Crippen LogP contribution >= 0.6 is 0 Å². The van der Waals surface area contributed by atoms with Crippen LogP contribution in [0.1, 0.15) is 31.2 Å². The van der Waals surface area contributed by atoms with Crippen molar-refractivity contribution in [3.05, 3.63) is 29.8 Å². The maximum atomic E-state index is 12.0. The van der Waals surface area contributed by atoms with Crippen molar-refractivity contribution < 1.29 is 13.2 Å². The fraction of sp³-hybridized carbons (Fsp3) is 0.562. The molecular weight excluding hydrogens is 300 g/mol. The zero-order valence-electron chi connectivity index (χ0n) is 12.7. The fourth-order valence-electron chi connectivity index (χ4n) is 2.77. The van der Waals surface area contributed by atoms with Crippen LogP contribution in [0.15, 0.2) is 29.2 Å². The largest absolute Gasteiger partial charge is 0.335 e. The number of hydrogen-bond donors (Lipinski definition) is 2. The van der Waals surface area contributed by atoms with Gasteiger partial charge in [0.15, 0.2) is 9.84 Å². The minimum Gasteiger partial charge on any atom is -0.335 e. The third-order valence-corrected chi connectivity index (χ3v) is 5.49. The maximum Gasteiger partial charge on any atom is 0.315 e. The molecule has 1 aromatic carbocycles. The zero-order chi connectivity index (χ0) is 15.7. The number of nitrogens with one attached hydrogen (secondary N) is 2. The number of carbonyl (C=O) groups is 1. The summed E-state index contributed by atoms with van der Waals surface area (Å²) in [6.45, 7) is 0.401. The van der Waals surface area contributed by atoms with E-state index < -0.39 is 9.84 Å². The first-order valence-electron chi connectivity index (χ1n) is 7.77. The van der Waals surface area contributed by atoms with E-state index in [0.717, 1.165) is 5.56 Å². The van der Waals surface area contributed by atoms with E-state index in [4.69, 9.17) is 0 Å². The summed E-state index contributed by atoms with van der Waals surface area (Å²) < 4.78 is 22.8. The van der Waals surface area contributed by atoms with Crippen molar-refractivity contribution in [3.63, 3.8) is 0 Å². The molecule has 2 amide bonds. The average molecular weight is 322 g/mol. The van der Waals surface area contributed by atoms with Gasteiger partial charge in [-0.3, -0.25) is 0 Å². The van der Waals surface area contributed by atoms with Crippen LogP contribution in [0.3, 0.4) is 0 Å². The Labute approximate surface area is 131 Å². The summed E-state index contributed by atoms with van der Waals surface area (Å²) in [7, 11) is -3.17. The number of urea groups is 1. The lowest BCUT2D eigenvalue weighted by molar-refractivity contribution is 0.233. The first-order valence-corrected chi connectivity index (χ1v) is 9.66. The Morgan fingerprint density at radius 2 is 1.68 bits per heavy atom. The number of sulfone groups is 1. The first kappa shape index (κ1) is 15.3. The van der Waals surface area contributed by atoms with Crippen molar-refractivity contribution in [2.45, 2.75) is 43.2 Å². The second kappa shape index (κ2) is 5.91. The van der Waals surface area contributed by atoms with Gasteiger partial charge in [0.2, 0.25) is 0 Å². The van der Waals surface area contributed by atoms with Gasteiger partial charge in [-0.05, 0) is 55.2 Å². The molecule has 2 fully saturated rings. The predicted molar refractivity (Wildman–Crippen MR) is 84.2 cm³/mol. The van der Waals surface area contributed by atoms with E-state index in [1.807, 2.05) is 0 Å². The highest BCUT2D eigenvalue weighted by atomic mass is 32.2. The van der Waals surface area contributed by atoms with E-state index in [1.165, 1.54) is 31.9 Å². The van der Waals surface area contributed by atoms with E-state index in [-0.39, 0.29) is 6.03 Å². The molecule has 0 heterocycles. The first-order chi connectivity index (χ1) is 10.4. The van der Waals surface area contributed by atoms with Crippen molar-refractivity contribution in [1.29, 1.82) is 0 Å². The molecule has 22 heavy (non-hydrogen) atoms. The van der Waals surface area contributed by atoms with Gasteiger partial charge < -0.3 is 10.6 Å². The van der Waals surface area contributed by atoms with E-state index >= 15 is 0 Å². The molecule has 2 aliphatic carbocycles. The van der Waals surface area contributed by atoms with Crippen LogP contribution in [0, 0.1) is 11.8 Å². The Hall–Kier alpha value is -1.56. The van der Waals surface area contributed by atoms with Crippen molar-refractivity contribution >= 4 is 15.9 Å². The van der Waals surface area contributed by atoms with Gasteiger partial charge in [-0.15, -0.1) is 0 Å². The summed E-state index contributed by atoms with van der Waals surface area (Å²) in [6, 6.07) is 6.82. The molecule has 120 valence electrons. The highest BCUT2D eigenvalue weighted by Gasteiger charge is 2.42. The lowest BCUT2D eigenvalue weighted by Crippen LogP contribution is -2.44. The van der Waals surface area contributed by atoms with Crippen LogP contribution < -0.4 is 10.6 Å². The molecule has 0 saturated heterocycles. The number of benzene rings is 1. The van der Waals surface area contributed by atoms with Crippen molar-refractivity contribution in [2.75, 3.05) is 6.26 Å². The standard InChI is InChI=1S/C16H22N2O3S/c1-22(20,21)14-8-2-11(3-9-14)10-17-16(19)18-15(12-4-5-12)13-6-7-13/h2-3,8-9,12-13,15H,4-7,10H2,1H3,(H2,17,18,19). The van der Waals surface area contributed by atoms with Crippen LogP contribution in [0.25, 0.3) is 0 Å². The van der Waals surface area contributed by atoms with E-state index in [0.29, 0.717) is 29.3 Å². The van der Waals surface area contributed by atoms with Crippen molar-refractivity contribution in [1.82, 2.24) is 10.6 Å². The molecule has 2 aliphatic rings. The summed E-state index contributed by atoms with van der Waals surface area (Å²) >= 11 is 0. The van der Waals surface area contributed by atoms with E-state index in [1.54, 1.807) is 24.3 Å². The van der Waals surface area contributed by atoms with Crippen LogP contribution in [-0.4, -0.2) is 26.7 Å². The molecule has 3 rings (SSSR count). The SMILES string of the molecule is CS(=O)(=O)c1ccc(CNC(=O)NC(C2CC2)C2CC2)cc1. The number of rotatable bonds is 6. The van der Waals surface area contributed by atoms with E-state index in [9.17, 15) is 13.2 Å². The van der Waals surface area contributed by atoms with Gasteiger partial charge in [-0.25, -0.2) is 13.2 Å². The molecule has 6 heteroatoms. The highest BCUT2D eigenvalue weighted by molar-refractivity contribution is 7.90. The molecule has 0 aromatic heterocycles. The van der Waals surface area contributed by atoms with Gasteiger partial charge in [0.25, 0.3) is 0 Å². The summed E-state index contributed by atoms with van der Waals surface area (Å²) in [5.74, 6) is 1.35. The Balaban J connectivity index is 1.50. The summed E-state index contributed by atoms with van der Waals surface area (Å²) in [6.07, 6.45) is 6.11. The van der Waals surface area contributed by atoms with Gasteiger partial charge in [0, 0.05) is 18.8 Å². The summed E-state index contributed by atoms with van der Waals surface area (Å²) in [5, 5.41) is 5.95. The van der Waals surface area contributed by atoms with E-state index in [2.05, 4.69) is 10.6 Å². The highest BCUT2D eigenvalue weighted by Crippen LogP contribution is 2.44. The molecular formula is C16H22N2O3S. The number of carbonyl (C=O) groups excluding carboxylic acids is 1. The molecule has 2 saturated carbocycles. The quantitative estimate of drug-likeness (QED) is 0.842. The summed E-state index contributed by atoms with van der Waals surface area (Å²) in [5.41, 5.74) is 0.886. The Morgan fingerprint density at radius 1 is 1.14 bits per heavy atom. The maximum absolute atomic E-state index is 12.0. The minimum atomic E-state index is -3.17.